The fourth-order valence-electron chi connectivity index (χ4n) is 1.79. The fraction of sp³-hybridized carbons (Fsp3) is 0.400. The predicted octanol–water partition coefficient (Wildman–Crippen LogP) is -0.678. The van der Waals surface area contributed by atoms with Gasteiger partial charge < -0.3 is 20.2 Å². The second-order valence-electron chi connectivity index (χ2n) is 3.74. The van der Waals surface area contributed by atoms with Gasteiger partial charge in [0.15, 0.2) is 0 Å². The summed E-state index contributed by atoms with van der Waals surface area (Å²) in [6, 6.07) is 1.40. The van der Waals surface area contributed by atoms with E-state index in [-0.39, 0.29) is 18.7 Å². The molecular weight excluding hydrogens is 212 g/mol. The summed E-state index contributed by atoms with van der Waals surface area (Å²) in [4.78, 5) is 16.4. The third-order valence-electron chi connectivity index (χ3n) is 2.63. The maximum atomic E-state index is 11.0. The normalized spacial score (nSPS) is 24.8. The van der Waals surface area contributed by atoms with Gasteiger partial charge in [0.2, 0.25) is 0 Å². The highest BCUT2D eigenvalue weighted by Gasteiger charge is 2.31. The molecule has 0 saturated carbocycles. The molecule has 1 aromatic rings. The lowest BCUT2D eigenvalue weighted by Gasteiger charge is -2.18. The maximum absolute atomic E-state index is 11.0. The van der Waals surface area contributed by atoms with Crippen LogP contribution in [0.25, 0.3) is 0 Å². The van der Waals surface area contributed by atoms with E-state index in [0.717, 1.165) is 0 Å². The standard InChI is InChI=1S/C10H12N2O4/c13-8-4-12(5-9(8)14)7-3-11-2-1-6(7)10(15)16/h1-3,8-9,13-14H,4-5H2,(H,15,16). The number of β-amino-alcohol motifs (C(OH)–C–C–N with tert-alkyl or cyclic N) is 2. The summed E-state index contributed by atoms with van der Waals surface area (Å²) in [6.07, 6.45) is 1.13. The summed E-state index contributed by atoms with van der Waals surface area (Å²) in [5.74, 6) is -1.05. The first-order valence-corrected chi connectivity index (χ1v) is 4.88. The Balaban J connectivity index is 2.31. The van der Waals surface area contributed by atoms with Crippen molar-refractivity contribution in [1.82, 2.24) is 4.98 Å². The zero-order chi connectivity index (χ0) is 11.7. The number of hydrogen-bond acceptors (Lipinski definition) is 5. The molecule has 0 radical (unpaired) electrons. The van der Waals surface area contributed by atoms with Crippen molar-refractivity contribution < 1.29 is 20.1 Å². The van der Waals surface area contributed by atoms with E-state index >= 15 is 0 Å². The van der Waals surface area contributed by atoms with E-state index in [4.69, 9.17) is 5.11 Å². The number of aromatic nitrogens is 1. The molecule has 0 spiro atoms. The molecule has 2 heterocycles. The van der Waals surface area contributed by atoms with Crippen LogP contribution in [0.15, 0.2) is 18.5 Å². The highest BCUT2D eigenvalue weighted by atomic mass is 16.4. The number of carboxylic acids is 1. The lowest BCUT2D eigenvalue weighted by molar-refractivity contribution is 0.0572. The molecule has 86 valence electrons. The molecule has 6 nitrogen and oxygen atoms in total. The van der Waals surface area contributed by atoms with Crippen LogP contribution in [-0.4, -0.2) is 51.6 Å². The van der Waals surface area contributed by atoms with Gasteiger partial charge in [-0.05, 0) is 6.07 Å². The first kappa shape index (κ1) is 10.8. The molecule has 0 aromatic carbocycles. The Morgan fingerprint density at radius 3 is 2.56 bits per heavy atom. The van der Waals surface area contributed by atoms with Crippen molar-refractivity contribution in [3.05, 3.63) is 24.0 Å². The number of aliphatic hydroxyl groups excluding tert-OH is 2. The smallest absolute Gasteiger partial charge is 0.337 e. The van der Waals surface area contributed by atoms with Gasteiger partial charge in [0.25, 0.3) is 0 Å². The first-order chi connectivity index (χ1) is 7.59. The summed E-state index contributed by atoms with van der Waals surface area (Å²) in [6.45, 7) is 0.431. The Morgan fingerprint density at radius 2 is 2.00 bits per heavy atom. The molecule has 6 heteroatoms. The molecule has 1 aliphatic heterocycles. The average Bonchev–Trinajstić information content (AvgIpc) is 2.59. The van der Waals surface area contributed by atoms with Crippen molar-refractivity contribution in [2.24, 2.45) is 0 Å². The minimum Gasteiger partial charge on any atom is -0.478 e. The van der Waals surface area contributed by atoms with Gasteiger partial charge in [0.1, 0.15) is 0 Å². The number of carboxylic acid groups (broad SMARTS) is 1. The minimum atomic E-state index is -1.05. The Kier molecular flexibility index (Phi) is 2.76. The van der Waals surface area contributed by atoms with Crippen LogP contribution >= 0.6 is 0 Å². The van der Waals surface area contributed by atoms with Crippen LogP contribution in [-0.2, 0) is 0 Å². The van der Waals surface area contributed by atoms with Crippen LogP contribution in [0, 0.1) is 0 Å². The van der Waals surface area contributed by atoms with Gasteiger partial charge in [-0.15, -0.1) is 0 Å². The molecule has 1 fully saturated rings. The second kappa shape index (κ2) is 4.07. The molecule has 1 saturated heterocycles. The van der Waals surface area contributed by atoms with Crippen LogP contribution < -0.4 is 4.90 Å². The summed E-state index contributed by atoms with van der Waals surface area (Å²) in [7, 11) is 0. The Morgan fingerprint density at radius 1 is 1.38 bits per heavy atom. The number of hydrogen-bond donors (Lipinski definition) is 3. The fourth-order valence-corrected chi connectivity index (χ4v) is 1.79. The zero-order valence-electron chi connectivity index (χ0n) is 8.45. The molecule has 2 unspecified atom stereocenters. The van der Waals surface area contributed by atoms with Gasteiger partial charge in [-0.2, -0.15) is 0 Å². The Labute approximate surface area is 91.8 Å². The number of pyridine rings is 1. The van der Waals surface area contributed by atoms with Crippen LogP contribution in [0.1, 0.15) is 10.4 Å². The van der Waals surface area contributed by atoms with Gasteiger partial charge >= 0.3 is 5.97 Å². The largest absolute Gasteiger partial charge is 0.478 e. The molecule has 3 N–H and O–H groups in total. The summed E-state index contributed by atoms with van der Waals surface area (Å²) < 4.78 is 0. The van der Waals surface area contributed by atoms with Gasteiger partial charge in [0, 0.05) is 19.3 Å². The van der Waals surface area contributed by atoms with Crippen LogP contribution in [0.4, 0.5) is 5.69 Å². The molecule has 2 atom stereocenters. The Bertz CT molecular complexity index is 400. The van der Waals surface area contributed by atoms with E-state index in [1.807, 2.05) is 0 Å². The molecular formula is C10H12N2O4. The van der Waals surface area contributed by atoms with Crippen molar-refractivity contribution in [2.75, 3.05) is 18.0 Å². The monoisotopic (exact) mass is 224 g/mol. The maximum Gasteiger partial charge on any atom is 0.337 e. The molecule has 16 heavy (non-hydrogen) atoms. The first-order valence-electron chi connectivity index (χ1n) is 4.88. The van der Waals surface area contributed by atoms with Crippen molar-refractivity contribution in [3.63, 3.8) is 0 Å². The summed E-state index contributed by atoms with van der Waals surface area (Å²) in [5.41, 5.74) is 0.543. The number of aromatic carboxylic acids is 1. The summed E-state index contributed by atoms with van der Waals surface area (Å²) >= 11 is 0. The van der Waals surface area contributed by atoms with E-state index in [2.05, 4.69) is 4.98 Å². The molecule has 0 aliphatic carbocycles. The van der Waals surface area contributed by atoms with E-state index in [0.29, 0.717) is 5.69 Å². The number of nitrogens with zero attached hydrogens (tertiary/aromatic N) is 2. The highest BCUT2D eigenvalue weighted by Crippen LogP contribution is 2.23. The van der Waals surface area contributed by atoms with E-state index in [1.165, 1.54) is 18.5 Å². The van der Waals surface area contributed by atoms with Crippen molar-refractivity contribution in [2.45, 2.75) is 12.2 Å². The molecule has 2 rings (SSSR count). The third kappa shape index (κ3) is 1.84. The van der Waals surface area contributed by atoms with Crippen LogP contribution in [0.3, 0.4) is 0 Å². The Hall–Kier alpha value is -1.66. The lowest BCUT2D eigenvalue weighted by Crippen LogP contribution is -2.23. The van der Waals surface area contributed by atoms with Crippen molar-refractivity contribution in [1.29, 1.82) is 0 Å². The van der Waals surface area contributed by atoms with E-state index < -0.39 is 18.2 Å². The van der Waals surface area contributed by atoms with Gasteiger partial charge in [-0.1, -0.05) is 0 Å². The van der Waals surface area contributed by atoms with Gasteiger partial charge in [-0.25, -0.2) is 4.79 Å². The van der Waals surface area contributed by atoms with Crippen molar-refractivity contribution >= 4 is 11.7 Å². The number of anilines is 1. The number of aliphatic hydroxyl groups is 2. The number of carbonyl (C=O) groups is 1. The van der Waals surface area contributed by atoms with E-state index in [1.54, 1.807) is 4.90 Å². The minimum absolute atomic E-state index is 0.122. The molecule has 1 aliphatic rings. The van der Waals surface area contributed by atoms with Crippen molar-refractivity contribution in [3.8, 4) is 0 Å². The zero-order valence-corrected chi connectivity index (χ0v) is 8.45. The predicted molar refractivity (Wildman–Crippen MR) is 55.4 cm³/mol. The lowest BCUT2D eigenvalue weighted by atomic mass is 10.2. The average molecular weight is 224 g/mol. The van der Waals surface area contributed by atoms with Crippen LogP contribution in [0.2, 0.25) is 0 Å². The topological polar surface area (TPSA) is 93.9 Å². The van der Waals surface area contributed by atoms with E-state index in [9.17, 15) is 15.0 Å². The third-order valence-corrected chi connectivity index (χ3v) is 2.63. The number of rotatable bonds is 2. The molecule has 1 aromatic heterocycles. The molecule has 0 bridgehead atoms. The quantitative estimate of drug-likeness (QED) is 0.616. The van der Waals surface area contributed by atoms with Gasteiger partial charge in [-0.3, -0.25) is 4.98 Å². The summed E-state index contributed by atoms with van der Waals surface area (Å²) in [5, 5.41) is 27.8. The highest BCUT2D eigenvalue weighted by molar-refractivity contribution is 5.94. The SMILES string of the molecule is O=C(O)c1ccncc1N1CC(O)C(O)C1. The molecule has 0 amide bonds. The second-order valence-corrected chi connectivity index (χ2v) is 3.74. The van der Waals surface area contributed by atoms with Crippen LogP contribution in [0.5, 0.6) is 0 Å². The van der Waals surface area contributed by atoms with Gasteiger partial charge in [0.05, 0.1) is 29.7 Å².